The molecule has 0 aliphatic carbocycles. The van der Waals surface area contributed by atoms with Crippen LogP contribution < -0.4 is 5.32 Å². The van der Waals surface area contributed by atoms with Crippen molar-refractivity contribution in [1.29, 1.82) is 0 Å². The summed E-state index contributed by atoms with van der Waals surface area (Å²) in [6.45, 7) is 4.30. The summed E-state index contributed by atoms with van der Waals surface area (Å²) in [4.78, 5) is 2.22. The van der Waals surface area contributed by atoms with Crippen LogP contribution in [0.3, 0.4) is 0 Å². The molecule has 0 radical (unpaired) electrons. The Bertz CT molecular complexity index is 244. The molecule has 3 heteroatoms. The number of nitrogens with zero attached hydrogens (tertiary/aromatic N) is 1. The van der Waals surface area contributed by atoms with Crippen LogP contribution in [-0.4, -0.2) is 38.1 Å². The molecule has 3 nitrogen and oxygen atoms in total. The van der Waals surface area contributed by atoms with E-state index in [1.54, 1.807) is 6.26 Å². The van der Waals surface area contributed by atoms with Crippen molar-refractivity contribution < 1.29 is 4.42 Å². The lowest BCUT2D eigenvalue weighted by atomic mass is 10.1. The van der Waals surface area contributed by atoms with E-state index in [1.165, 1.54) is 12.0 Å². The second kappa shape index (κ2) is 6.64. The molecule has 0 fully saturated rings. The Balaban J connectivity index is 2.36. The first kappa shape index (κ1) is 12.3. The van der Waals surface area contributed by atoms with Gasteiger partial charge in [0.15, 0.2) is 0 Å². The zero-order valence-electron chi connectivity index (χ0n) is 9.99. The predicted molar refractivity (Wildman–Crippen MR) is 63.0 cm³/mol. The molecule has 0 aromatic carbocycles. The molecular formula is C12H22N2O. The van der Waals surface area contributed by atoms with Crippen LogP contribution in [0, 0.1) is 0 Å². The summed E-state index contributed by atoms with van der Waals surface area (Å²) in [6.07, 6.45) is 5.80. The minimum Gasteiger partial charge on any atom is -0.472 e. The third kappa shape index (κ3) is 5.00. The summed E-state index contributed by atoms with van der Waals surface area (Å²) in [6, 6.07) is 2.59. The van der Waals surface area contributed by atoms with Gasteiger partial charge >= 0.3 is 0 Å². The van der Waals surface area contributed by atoms with Gasteiger partial charge in [0, 0.05) is 6.04 Å². The Morgan fingerprint density at radius 3 is 2.80 bits per heavy atom. The van der Waals surface area contributed by atoms with Crippen molar-refractivity contribution in [3.8, 4) is 0 Å². The second-order valence-corrected chi connectivity index (χ2v) is 4.18. The largest absolute Gasteiger partial charge is 0.472 e. The van der Waals surface area contributed by atoms with Gasteiger partial charge in [-0.2, -0.15) is 0 Å². The van der Waals surface area contributed by atoms with Crippen LogP contribution in [0.15, 0.2) is 23.0 Å². The minimum absolute atomic E-state index is 0.551. The van der Waals surface area contributed by atoms with E-state index in [0.717, 1.165) is 19.5 Å². The molecule has 86 valence electrons. The normalized spacial score (nSPS) is 13.3. The molecule has 0 spiro atoms. The van der Waals surface area contributed by atoms with Gasteiger partial charge in [-0.15, -0.1) is 0 Å². The second-order valence-electron chi connectivity index (χ2n) is 4.18. The smallest absolute Gasteiger partial charge is 0.0935 e. The van der Waals surface area contributed by atoms with Gasteiger partial charge in [0.2, 0.25) is 0 Å². The molecule has 15 heavy (non-hydrogen) atoms. The lowest BCUT2D eigenvalue weighted by molar-refractivity contribution is 0.358. The van der Waals surface area contributed by atoms with Crippen LogP contribution in [0.2, 0.25) is 0 Å². The van der Waals surface area contributed by atoms with E-state index < -0.39 is 0 Å². The average molecular weight is 210 g/mol. The molecular weight excluding hydrogens is 188 g/mol. The van der Waals surface area contributed by atoms with Crippen LogP contribution in [0.1, 0.15) is 18.9 Å². The quantitative estimate of drug-likeness (QED) is 0.743. The van der Waals surface area contributed by atoms with E-state index in [4.69, 9.17) is 4.42 Å². The highest BCUT2D eigenvalue weighted by Gasteiger charge is 2.09. The summed E-state index contributed by atoms with van der Waals surface area (Å²) in [5, 5.41) is 3.51. The number of rotatable bonds is 7. The Morgan fingerprint density at radius 2 is 2.27 bits per heavy atom. The van der Waals surface area contributed by atoms with Gasteiger partial charge in [-0.1, -0.05) is 6.92 Å². The molecule has 0 saturated carbocycles. The molecule has 0 amide bonds. The van der Waals surface area contributed by atoms with Gasteiger partial charge in [0.25, 0.3) is 0 Å². The van der Waals surface area contributed by atoms with Crippen molar-refractivity contribution in [2.45, 2.75) is 25.8 Å². The molecule has 1 heterocycles. The Labute approximate surface area is 92.5 Å². The fourth-order valence-corrected chi connectivity index (χ4v) is 1.67. The van der Waals surface area contributed by atoms with Gasteiger partial charge in [-0.05, 0) is 51.7 Å². The number of nitrogens with one attached hydrogen (secondary N) is 1. The Kier molecular flexibility index (Phi) is 5.43. The maximum Gasteiger partial charge on any atom is 0.0935 e. The monoisotopic (exact) mass is 210 g/mol. The zero-order valence-corrected chi connectivity index (χ0v) is 9.99. The van der Waals surface area contributed by atoms with Gasteiger partial charge in [0.05, 0.1) is 12.5 Å². The summed E-state index contributed by atoms with van der Waals surface area (Å²) >= 11 is 0. The molecule has 1 rings (SSSR count). The predicted octanol–water partition coefficient (Wildman–Crippen LogP) is 1.75. The van der Waals surface area contributed by atoms with Gasteiger partial charge in [0.1, 0.15) is 0 Å². The molecule has 0 aliphatic rings. The number of likely N-dealkylation sites (N-methyl/N-ethyl adjacent to an activating group) is 1. The molecule has 1 N–H and O–H groups in total. The molecule has 0 bridgehead atoms. The third-order valence-corrected chi connectivity index (χ3v) is 2.48. The van der Waals surface area contributed by atoms with Crippen LogP contribution >= 0.6 is 0 Å². The summed E-state index contributed by atoms with van der Waals surface area (Å²) in [5.74, 6) is 0. The molecule has 0 saturated heterocycles. The van der Waals surface area contributed by atoms with E-state index in [0.29, 0.717) is 6.04 Å². The first-order valence-corrected chi connectivity index (χ1v) is 5.61. The first-order valence-electron chi connectivity index (χ1n) is 5.61. The zero-order chi connectivity index (χ0) is 11.1. The third-order valence-electron chi connectivity index (χ3n) is 2.48. The lowest BCUT2D eigenvalue weighted by Crippen LogP contribution is -2.33. The fourth-order valence-electron chi connectivity index (χ4n) is 1.67. The summed E-state index contributed by atoms with van der Waals surface area (Å²) < 4.78 is 5.08. The van der Waals surface area contributed by atoms with Gasteiger partial charge in [-0.3, -0.25) is 0 Å². The SMILES string of the molecule is CCNC(CCN(C)C)Cc1ccoc1. The molecule has 0 aliphatic heterocycles. The van der Waals surface area contributed by atoms with Crippen LogP contribution in [0.5, 0.6) is 0 Å². The lowest BCUT2D eigenvalue weighted by Gasteiger charge is -2.19. The van der Waals surface area contributed by atoms with Crippen LogP contribution in [0.4, 0.5) is 0 Å². The summed E-state index contributed by atoms with van der Waals surface area (Å²) in [7, 11) is 4.22. The van der Waals surface area contributed by atoms with E-state index in [9.17, 15) is 0 Å². The Morgan fingerprint density at radius 1 is 1.47 bits per heavy atom. The van der Waals surface area contributed by atoms with Crippen molar-refractivity contribution in [3.63, 3.8) is 0 Å². The van der Waals surface area contributed by atoms with Gasteiger partial charge < -0.3 is 14.6 Å². The highest BCUT2D eigenvalue weighted by Crippen LogP contribution is 2.06. The molecule has 1 unspecified atom stereocenters. The van der Waals surface area contributed by atoms with Crippen LogP contribution in [-0.2, 0) is 6.42 Å². The minimum atomic E-state index is 0.551. The highest BCUT2D eigenvalue weighted by molar-refractivity contribution is 5.07. The maximum atomic E-state index is 5.08. The first-order chi connectivity index (χ1) is 7.22. The van der Waals surface area contributed by atoms with E-state index in [-0.39, 0.29) is 0 Å². The summed E-state index contributed by atoms with van der Waals surface area (Å²) in [5.41, 5.74) is 1.28. The van der Waals surface area contributed by atoms with Crippen molar-refractivity contribution >= 4 is 0 Å². The van der Waals surface area contributed by atoms with Crippen molar-refractivity contribution in [2.24, 2.45) is 0 Å². The van der Waals surface area contributed by atoms with E-state index >= 15 is 0 Å². The molecule has 1 aromatic heterocycles. The topological polar surface area (TPSA) is 28.4 Å². The standard InChI is InChI=1S/C12H22N2O/c1-4-13-12(5-7-14(2)3)9-11-6-8-15-10-11/h6,8,10,12-13H,4-5,7,9H2,1-3H3. The molecule has 1 aromatic rings. The van der Waals surface area contributed by atoms with Crippen molar-refractivity contribution in [1.82, 2.24) is 10.2 Å². The van der Waals surface area contributed by atoms with Crippen LogP contribution in [0.25, 0.3) is 0 Å². The highest BCUT2D eigenvalue weighted by atomic mass is 16.3. The van der Waals surface area contributed by atoms with Crippen molar-refractivity contribution in [3.05, 3.63) is 24.2 Å². The maximum absolute atomic E-state index is 5.08. The number of hydrogen-bond donors (Lipinski definition) is 1. The molecule has 1 atom stereocenters. The van der Waals surface area contributed by atoms with E-state index in [2.05, 4.69) is 31.2 Å². The number of hydrogen-bond acceptors (Lipinski definition) is 3. The average Bonchev–Trinajstić information content (AvgIpc) is 2.67. The van der Waals surface area contributed by atoms with Crippen molar-refractivity contribution in [2.75, 3.05) is 27.2 Å². The van der Waals surface area contributed by atoms with Gasteiger partial charge in [-0.25, -0.2) is 0 Å². The fraction of sp³-hybridized carbons (Fsp3) is 0.667. The van der Waals surface area contributed by atoms with E-state index in [1.807, 2.05) is 12.3 Å². The Hall–Kier alpha value is -0.800. The number of furan rings is 1.